The number of hydrogen-bond donors (Lipinski definition) is 3. The molecule has 106 valence electrons. The van der Waals surface area contributed by atoms with Crippen LogP contribution in [0.25, 0.3) is 0 Å². The highest BCUT2D eigenvalue weighted by atomic mass is 19.3. The number of hydrogen-bond acceptors (Lipinski definition) is 3. The van der Waals surface area contributed by atoms with Crippen molar-refractivity contribution < 1.29 is 13.6 Å². The first-order valence-electron chi connectivity index (χ1n) is 5.91. The molecule has 0 saturated heterocycles. The van der Waals surface area contributed by atoms with Gasteiger partial charge in [0, 0.05) is 30.5 Å². The number of amides is 1. The molecular weight excluding hydrogens is 252 g/mol. The van der Waals surface area contributed by atoms with E-state index in [1.807, 2.05) is 0 Å². The number of alkyl halides is 2. The van der Waals surface area contributed by atoms with Crippen molar-refractivity contribution in [2.24, 2.45) is 5.41 Å². The number of benzene rings is 1. The van der Waals surface area contributed by atoms with Crippen molar-refractivity contribution >= 4 is 17.3 Å². The van der Waals surface area contributed by atoms with Gasteiger partial charge in [0.2, 0.25) is 5.91 Å². The second-order valence-electron chi connectivity index (χ2n) is 4.96. The van der Waals surface area contributed by atoms with Crippen LogP contribution in [0.3, 0.4) is 0 Å². The number of rotatable bonds is 5. The molecule has 6 heteroatoms. The van der Waals surface area contributed by atoms with Crippen LogP contribution < -0.4 is 16.4 Å². The minimum atomic E-state index is -2.62. The van der Waals surface area contributed by atoms with Gasteiger partial charge in [-0.15, -0.1) is 0 Å². The van der Waals surface area contributed by atoms with E-state index in [2.05, 4.69) is 10.6 Å². The number of nitrogen functional groups attached to an aromatic ring is 1. The van der Waals surface area contributed by atoms with E-state index in [1.54, 1.807) is 19.9 Å². The average Bonchev–Trinajstić information content (AvgIpc) is 2.36. The van der Waals surface area contributed by atoms with E-state index in [1.165, 1.54) is 19.2 Å². The summed E-state index contributed by atoms with van der Waals surface area (Å²) >= 11 is 0. The van der Waals surface area contributed by atoms with Gasteiger partial charge in [-0.3, -0.25) is 4.79 Å². The van der Waals surface area contributed by atoms with Gasteiger partial charge in [-0.05, 0) is 32.0 Å². The predicted octanol–water partition coefficient (Wildman–Crippen LogP) is 2.39. The normalized spacial score (nSPS) is 11.5. The number of nitrogens with one attached hydrogen (secondary N) is 2. The van der Waals surface area contributed by atoms with Crippen LogP contribution in [-0.4, -0.2) is 19.5 Å². The largest absolute Gasteiger partial charge is 0.399 e. The molecule has 0 fully saturated rings. The Labute approximate surface area is 111 Å². The molecular formula is C13H19F2N3O. The van der Waals surface area contributed by atoms with E-state index in [0.717, 1.165) is 0 Å². The van der Waals surface area contributed by atoms with Gasteiger partial charge in [0.05, 0.1) is 5.41 Å². The van der Waals surface area contributed by atoms with Gasteiger partial charge in [0.1, 0.15) is 0 Å². The molecule has 4 N–H and O–H groups in total. The summed E-state index contributed by atoms with van der Waals surface area (Å²) in [5, 5.41) is 5.42. The van der Waals surface area contributed by atoms with Crippen LogP contribution in [0, 0.1) is 5.41 Å². The summed E-state index contributed by atoms with van der Waals surface area (Å²) in [5.74, 6) is -0.158. The molecule has 0 radical (unpaired) electrons. The second kappa shape index (κ2) is 5.86. The Kier molecular flexibility index (Phi) is 4.69. The van der Waals surface area contributed by atoms with Gasteiger partial charge >= 0.3 is 0 Å². The number of halogens is 2. The van der Waals surface area contributed by atoms with E-state index in [4.69, 9.17) is 5.73 Å². The summed E-state index contributed by atoms with van der Waals surface area (Å²) in [6, 6.07) is 4.28. The highest BCUT2D eigenvalue weighted by Crippen LogP contribution is 2.29. The molecule has 1 aromatic carbocycles. The minimum absolute atomic E-state index is 0.158. The van der Waals surface area contributed by atoms with E-state index >= 15 is 0 Å². The molecule has 0 aliphatic heterocycles. The quantitative estimate of drug-likeness (QED) is 0.720. The van der Waals surface area contributed by atoms with Gasteiger partial charge < -0.3 is 16.4 Å². The Morgan fingerprint density at radius 1 is 1.42 bits per heavy atom. The Hall–Kier alpha value is -1.85. The Bertz CT molecular complexity index is 461. The first kappa shape index (κ1) is 15.2. The first-order valence-corrected chi connectivity index (χ1v) is 5.91. The summed E-state index contributed by atoms with van der Waals surface area (Å²) in [4.78, 5) is 11.6. The average molecular weight is 271 g/mol. The van der Waals surface area contributed by atoms with Crippen LogP contribution in [0.5, 0.6) is 0 Å². The van der Waals surface area contributed by atoms with Crippen LogP contribution >= 0.6 is 0 Å². The molecule has 0 atom stereocenters. The van der Waals surface area contributed by atoms with Crippen LogP contribution in [0.2, 0.25) is 0 Å². The lowest BCUT2D eigenvalue weighted by Crippen LogP contribution is -2.39. The van der Waals surface area contributed by atoms with E-state index in [0.29, 0.717) is 5.69 Å². The highest BCUT2D eigenvalue weighted by Gasteiger charge is 2.27. The molecule has 0 spiro atoms. The maximum absolute atomic E-state index is 12.9. The molecule has 0 unspecified atom stereocenters. The number of nitrogens with two attached hydrogens (primary N) is 1. The van der Waals surface area contributed by atoms with Gasteiger partial charge in [0.15, 0.2) is 0 Å². The van der Waals surface area contributed by atoms with Crippen molar-refractivity contribution in [3.8, 4) is 0 Å². The number of carbonyl (C=O) groups excluding carboxylic acids is 1. The molecule has 0 heterocycles. The van der Waals surface area contributed by atoms with Crippen LogP contribution in [0.15, 0.2) is 18.2 Å². The fraction of sp³-hybridized carbons (Fsp3) is 0.462. The lowest BCUT2D eigenvalue weighted by molar-refractivity contribution is -0.128. The van der Waals surface area contributed by atoms with Gasteiger partial charge in [-0.2, -0.15) is 0 Å². The predicted molar refractivity (Wildman–Crippen MR) is 72.1 cm³/mol. The van der Waals surface area contributed by atoms with Crippen molar-refractivity contribution in [1.82, 2.24) is 5.32 Å². The Balaban J connectivity index is 2.86. The van der Waals surface area contributed by atoms with Crippen molar-refractivity contribution in [2.45, 2.75) is 20.3 Å². The van der Waals surface area contributed by atoms with Gasteiger partial charge in [-0.1, -0.05) is 0 Å². The number of carbonyl (C=O) groups is 1. The summed E-state index contributed by atoms with van der Waals surface area (Å²) < 4.78 is 25.8. The number of anilines is 2. The first-order chi connectivity index (χ1) is 8.77. The summed E-state index contributed by atoms with van der Waals surface area (Å²) in [5.41, 5.74) is 5.21. The van der Waals surface area contributed by atoms with Crippen molar-refractivity contribution in [3.63, 3.8) is 0 Å². The highest BCUT2D eigenvalue weighted by molar-refractivity contribution is 5.82. The molecule has 1 aromatic rings. The maximum atomic E-state index is 12.9. The Morgan fingerprint density at radius 3 is 2.58 bits per heavy atom. The summed E-state index contributed by atoms with van der Waals surface area (Å²) in [6.07, 6.45) is -2.62. The molecule has 0 aliphatic rings. The zero-order chi connectivity index (χ0) is 14.6. The summed E-state index contributed by atoms with van der Waals surface area (Å²) in [7, 11) is 1.54. The fourth-order valence-corrected chi connectivity index (χ4v) is 1.66. The third-order valence-corrected chi connectivity index (χ3v) is 2.87. The molecule has 0 saturated carbocycles. The topological polar surface area (TPSA) is 67.2 Å². The zero-order valence-corrected chi connectivity index (χ0v) is 11.3. The van der Waals surface area contributed by atoms with Crippen LogP contribution in [-0.2, 0) is 4.79 Å². The lowest BCUT2D eigenvalue weighted by Gasteiger charge is -2.24. The third kappa shape index (κ3) is 3.81. The van der Waals surface area contributed by atoms with Crippen molar-refractivity contribution in [2.75, 3.05) is 24.6 Å². The lowest BCUT2D eigenvalue weighted by atomic mass is 9.92. The van der Waals surface area contributed by atoms with Crippen LogP contribution in [0.4, 0.5) is 20.2 Å². The Morgan fingerprint density at radius 2 is 2.05 bits per heavy atom. The third-order valence-electron chi connectivity index (χ3n) is 2.87. The fourth-order valence-electron chi connectivity index (χ4n) is 1.66. The molecule has 0 aromatic heterocycles. The molecule has 1 amide bonds. The molecule has 19 heavy (non-hydrogen) atoms. The molecule has 4 nitrogen and oxygen atoms in total. The van der Waals surface area contributed by atoms with Crippen molar-refractivity contribution in [3.05, 3.63) is 23.8 Å². The van der Waals surface area contributed by atoms with Gasteiger partial charge in [0.25, 0.3) is 6.43 Å². The van der Waals surface area contributed by atoms with Crippen molar-refractivity contribution in [1.29, 1.82) is 0 Å². The summed E-state index contributed by atoms with van der Waals surface area (Å²) in [6.45, 7) is 3.71. The van der Waals surface area contributed by atoms with E-state index in [9.17, 15) is 13.6 Å². The van der Waals surface area contributed by atoms with Gasteiger partial charge in [-0.25, -0.2) is 8.78 Å². The second-order valence-corrected chi connectivity index (χ2v) is 4.96. The molecule has 0 bridgehead atoms. The van der Waals surface area contributed by atoms with E-state index in [-0.39, 0.29) is 23.7 Å². The van der Waals surface area contributed by atoms with Crippen LogP contribution in [0.1, 0.15) is 25.8 Å². The molecule has 0 aliphatic carbocycles. The minimum Gasteiger partial charge on any atom is -0.399 e. The monoisotopic (exact) mass is 271 g/mol. The zero-order valence-electron chi connectivity index (χ0n) is 11.3. The maximum Gasteiger partial charge on any atom is 0.265 e. The molecule has 1 rings (SSSR count). The standard InChI is InChI=1S/C13H19F2N3O/c1-13(2,12(19)17-3)7-18-10-5-4-8(16)6-9(10)11(14)15/h4-6,11,18H,7,16H2,1-3H3,(H,17,19). The smallest absolute Gasteiger partial charge is 0.265 e. The SMILES string of the molecule is CNC(=O)C(C)(C)CNc1ccc(N)cc1C(F)F. The van der Waals surface area contributed by atoms with E-state index < -0.39 is 11.8 Å².